The summed E-state index contributed by atoms with van der Waals surface area (Å²) in [5.74, 6) is -1.57. The zero-order valence-corrected chi connectivity index (χ0v) is 11.3. The normalized spacial score (nSPS) is 22.2. The maximum atomic E-state index is 12.4. The monoisotopic (exact) mass is 286 g/mol. The van der Waals surface area contributed by atoms with Crippen LogP contribution in [0.15, 0.2) is 0 Å². The Morgan fingerprint density at radius 1 is 1.40 bits per heavy atom. The first-order chi connectivity index (χ1) is 9.52. The molecule has 0 aromatic carbocycles. The second kappa shape index (κ2) is 6.08. The van der Waals surface area contributed by atoms with Crippen molar-refractivity contribution in [3.05, 3.63) is 0 Å². The van der Waals surface area contributed by atoms with Crippen molar-refractivity contribution >= 4 is 18.0 Å². The minimum atomic E-state index is -1.04. The van der Waals surface area contributed by atoms with Crippen molar-refractivity contribution in [1.82, 2.24) is 9.80 Å². The van der Waals surface area contributed by atoms with Gasteiger partial charge in [0.25, 0.3) is 0 Å². The van der Waals surface area contributed by atoms with Gasteiger partial charge in [0.1, 0.15) is 6.54 Å². The lowest BCUT2D eigenvalue weighted by molar-refractivity contribution is -0.158. The Morgan fingerprint density at radius 2 is 2.10 bits per heavy atom. The van der Waals surface area contributed by atoms with Crippen molar-refractivity contribution in [2.75, 3.05) is 33.4 Å². The molecule has 1 unspecified atom stereocenters. The number of carbonyl (C=O) groups excluding carboxylic acids is 2. The first-order valence-electron chi connectivity index (χ1n) is 6.49. The second-order valence-corrected chi connectivity index (χ2v) is 4.86. The van der Waals surface area contributed by atoms with E-state index in [0.717, 1.165) is 12.8 Å². The van der Waals surface area contributed by atoms with Crippen LogP contribution in [0.25, 0.3) is 0 Å². The molecule has 8 nitrogen and oxygen atoms in total. The van der Waals surface area contributed by atoms with Gasteiger partial charge in [-0.3, -0.25) is 4.79 Å². The summed E-state index contributed by atoms with van der Waals surface area (Å²) in [6.07, 6.45) is 0.844. The highest BCUT2D eigenvalue weighted by molar-refractivity contribution is 5.82. The lowest BCUT2D eigenvalue weighted by Gasteiger charge is -2.35. The smallest absolute Gasteiger partial charge is 0.336 e. The number of ether oxygens (including phenoxy) is 2. The second-order valence-electron chi connectivity index (χ2n) is 4.86. The molecule has 1 aliphatic carbocycles. The van der Waals surface area contributed by atoms with Crippen LogP contribution < -0.4 is 0 Å². The van der Waals surface area contributed by atoms with Crippen LogP contribution in [0, 0.1) is 0 Å². The summed E-state index contributed by atoms with van der Waals surface area (Å²) in [7, 11) is 1.26. The minimum absolute atomic E-state index is 0.00183. The van der Waals surface area contributed by atoms with Crippen molar-refractivity contribution in [1.29, 1.82) is 0 Å². The molecule has 2 aliphatic rings. The molecule has 0 radical (unpaired) electrons. The Kier molecular flexibility index (Phi) is 4.43. The number of carboxylic acid groups (broad SMARTS) is 1. The Balaban J connectivity index is 1.99. The molecule has 1 heterocycles. The van der Waals surface area contributed by atoms with Crippen LogP contribution in [0.1, 0.15) is 12.8 Å². The molecule has 0 aromatic rings. The van der Waals surface area contributed by atoms with Crippen LogP contribution in [-0.4, -0.2) is 78.4 Å². The van der Waals surface area contributed by atoms with E-state index in [4.69, 9.17) is 9.84 Å². The molecule has 1 N–H and O–H groups in total. The van der Waals surface area contributed by atoms with E-state index in [9.17, 15) is 14.4 Å². The fraction of sp³-hybridized carbons (Fsp3) is 0.750. The van der Waals surface area contributed by atoms with E-state index in [1.165, 1.54) is 16.9 Å². The SMILES string of the molecule is COC(=O)C1CN(C(=O)N(CC(=O)O)C2CC2)CCO1. The summed E-state index contributed by atoms with van der Waals surface area (Å²) < 4.78 is 9.84. The van der Waals surface area contributed by atoms with Crippen molar-refractivity contribution < 1.29 is 29.0 Å². The fourth-order valence-corrected chi connectivity index (χ4v) is 2.16. The highest BCUT2D eigenvalue weighted by atomic mass is 16.6. The fourth-order valence-electron chi connectivity index (χ4n) is 2.16. The molecule has 112 valence electrons. The number of esters is 1. The van der Waals surface area contributed by atoms with E-state index in [0.29, 0.717) is 6.54 Å². The van der Waals surface area contributed by atoms with Gasteiger partial charge in [-0.05, 0) is 12.8 Å². The summed E-state index contributed by atoms with van der Waals surface area (Å²) in [4.78, 5) is 37.4. The van der Waals surface area contributed by atoms with Gasteiger partial charge in [-0.2, -0.15) is 0 Å². The molecule has 1 aliphatic heterocycles. The number of aliphatic carboxylic acids is 1. The predicted molar refractivity (Wildman–Crippen MR) is 66.1 cm³/mol. The number of nitrogens with zero attached hydrogens (tertiary/aromatic N) is 2. The predicted octanol–water partition coefficient (Wildman–Crippen LogP) is -0.471. The molecule has 2 rings (SSSR count). The molecular formula is C12H18N2O6. The van der Waals surface area contributed by atoms with Gasteiger partial charge in [0.15, 0.2) is 6.10 Å². The lowest BCUT2D eigenvalue weighted by Crippen LogP contribution is -2.54. The number of methoxy groups -OCH3 is 1. The largest absolute Gasteiger partial charge is 0.480 e. The van der Waals surface area contributed by atoms with Crippen LogP contribution in [-0.2, 0) is 19.1 Å². The molecular weight excluding hydrogens is 268 g/mol. The molecule has 2 amide bonds. The third-order valence-corrected chi connectivity index (χ3v) is 3.34. The van der Waals surface area contributed by atoms with Crippen LogP contribution in [0.4, 0.5) is 4.79 Å². The molecule has 20 heavy (non-hydrogen) atoms. The zero-order valence-electron chi connectivity index (χ0n) is 11.3. The van der Waals surface area contributed by atoms with Crippen LogP contribution in [0.5, 0.6) is 0 Å². The van der Waals surface area contributed by atoms with E-state index in [1.807, 2.05) is 0 Å². The van der Waals surface area contributed by atoms with Crippen LogP contribution in [0.3, 0.4) is 0 Å². The molecule has 1 saturated carbocycles. The topological polar surface area (TPSA) is 96.4 Å². The zero-order chi connectivity index (χ0) is 14.7. The maximum absolute atomic E-state index is 12.4. The summed E-state index contributed by atoms with van der Waals surface area (Å²) >= 11 is 0. The summed E-state index contributed by atoms with van der Waals surface area (Å²) in [6.45, 7) is 0.352. The minimum Gasteiger partial charge on any atom is -0.480 e. The molecule has 0 spiro atoms. The van der Waals surface area contributed by atoms with Crippen molar-refractivity contribution in [2.45, 2.75) is 25.0 Å². The van der Waals surface area contributed by atoms with Crippen molar-refractivity contribution in [2.24, 2.45) is 0 Å². The third-order valence-electron chi connectivity index (χ3n) is 3.34. The maximum Gasteiger partial charge on any atom is 0.336 e. The average Bonchev–Trinajstić information content (AvgIpc) is 3.27. The molecule has 8 heteroatoms. The van der Waals surface area contributed by atoms with Gasteiger partial charge in [0.05, 0.1) is 20.3 Å². The molecule has 0 aromatic heterocycles. The molecule has 0 bridgehead atoms. The average molecular weight is 286 g/mol. The number of morpholine rings is 1. The van der Waals surface area contributed by atoms with Crippen molar-refractivity contribution in [3.8, 4) is 0 Å². The number of hydrogen-bond donors (Lipinski definition) is 1. The van der Waals surface area contributed by atoms with E-state index >= 15 is 0 Å². The molecule has 1 saturated heterocycles. The van der Waals surface area contributed by atoms with E-state index in [2.05, 4.69) is 4.74 Å². The summed E-state index contributed by atoms with van der Waals surface area (Å²) in [6, 6.07) is -0.356. The summed E-state index contributed by atoms with van der Waals surface area (Å²) in [5, 5.41) is 8.87. The Hall–Kier alpha value is -1.83. The number of amides is 2. The lowest BCUT2D eigenvalue weighted by atomic mass is 10.3. The number of urea groups is 1. The van der Waals surface area contributed by atoms with Crippen LogP contribution >= 0.6 is 0 Å². The van der Waals surface area contributed by atoms with Gasteiger partial charge in [-0.1, -0.05) is 0 Å². The van der Waals surface area contributed by atoms with E-state index in [1.54, 1.807) is 0 Å². The van der Waals surface area contributed by atoms with E-state index in [-0.39, 0.29) is 31.8 Å². The van der Waals surface area contributed by atoms with Gasteiger partial charge >= 0.3 is 18.0 Å². The highest BCUT2D eigenvalue weighted by Crippen LogP contribution is 2.28. The number of rotatable bonds is 4. The number of carbonyl (C=O) groups is 3. The number of carboxylic acids is 1. The van der Waals surface area contributed by atoms with Gasteiger partial charge in [0, 0.05) is 12.6 Å². The highest BCUT2D eigenvalue weighted by Gasteiger charge is 2.38. The van der Waals surface area contributed by atoms with Gasteiger partial charge in [0.2, 0.25) is 0 Å². The molecule has 1 atom stereocenters. The van der Waals surface area contributed by atoms with Gasteiger partial charge in [-0.15, -0.1) is 0 Å². The first kappa shape index (κ1) is 14.6. The Labute approximate surface area is 116 Å². The summed E-state index contributed by atoms with van der Waals surface area (Å²) in [5.41, 5.74) is 0. The van der Waals surface area contributed by atoms with Gasteiger partial charge in [-0.25, -0.2) is 9.59 Å². The quantitative estimate of drug-likeness (QED) is 0.702. The third kappa shape index (κ3) is 3.38. The van der Waals surface area contributed by atoms with E-state index < -0.39 is 18.0 Å². The molecule has 2 fully saturated rings. The van der Waals surface area contributed by atoms with Gasteiger partial charge < -0.3 is 24.4 Å². The Bertz CT molecular complexity index is 409. The Morgan fingerprint density at radius 3 is 2.65 bits per heavy atom. The van der Waals surface area contributed by atoms with Crippen LogP contribution in [0.2, 0.25) is 0 Å². The number of hydrogen-bond acceptors (Lipinski definition) is 5. The standard InChI is InChI=1S/C12H18N2O6/c1-19-11(17)9-6-13(4-5-20-9)12(18)14(7-10(15)16)8-2-3-8/h8-9H,2-7H2,1H3,(H,15,16). The first-order valence-corrected chi connectivity index (χ1v) is 6.49. The van der Waals surface area contributed by atoms with Crippen molar-refractivity contribution in [3.63, 3.8) is 0 Å².